The average Bonchev–Trinajstić information content (AvgIpc) is 3.30. The van der Waals surface area contributed by atoms with Crippen molar-refractivity contribution < 1.29 is 14.3 Å². The lowest BCUT2D eigenvalue weighted by molar-refractivity contribution is -0.139. The zero-order chi connectivity index (χ0) is 20.4. The number of hydrogen-bond acceptors (Lipinski definition) is 4. The van der Waals surface area contributed by atoms with Crippen LogP contribution in [0.15, 0.2) is 54.6 Å². The number of benzene rings is 2. The van der Waals surface area contributed by atoms with Gasteiger partial charge in [-0.3, -0.25) is 19.4 Å². The molecule has 5 heteroatoms. The molecule has 2 unspecified atom stereocenters. The van der Waals surface area contributed by atoms with Gasteiger partial charge in [0.2, 0.25) is 11.8 Å². The summed E-state index contributed by atoms with van der Waals surface area (Å²) in [5.41, 5.74) is 2.17. The molecule has 29 heavy (non-hydrogen) atoms. The first-order chi connectivity index (χ1) is 14.1. The van der Waals surface area contributed by atoms with Crippen molar-refractivity contribution in [1.82, 2.24) is 9.80 Å². The van der Waals surface area contributed by atoms with Crippen LogP contribution in [0, 0.1) is 5.92 Å². The summed E-state index contributed by atoms with van der Waals surface area (Å²) in [6.45, 7) is 8.49. The van der Waals surface area contributed by atoms with Gasteiger partial charge in [0.25, 0.3) is 0 Å². The topological polar surface area (TPSA) is 49.9 Å². The Hall–Kier alpha value is -2.50. The number of ether oxygens (including phenoxy) is 1. The smallest absolute Gasteiger partial charge is 0.233 e. The van der Waals surface area contributed by atoms with Crippen LogP contribution < -0.4 is 0 Å². The number of amides is 2. The molecule has 2 atom stereocenters. The van der Waals surface area contributed by atoms with Gasteiger partial charge in [-0.15, -0.1) is 0 Å². The molecule has 0 aromatic heterocycles. The highest BCUT2D eigenvalue weighted by molar-refractivity contribution is 6.03. The second-order valence-electron chi connectivity index (χ2n) is 7.92. The minimum Gasteiger partial charge on any atom is -0.357 e. The van der Waals surface area contributed by atoms with E-state index in [-0.39, 0.29) is 24.0 Å². The second-order valence-corrected chi connectivity index (χ2v) is 7.92. The van der Waals surface area contributed by atoms with Crippen LogP contribution in [0.25, 0.3) is 10.8 Å². The molecule has 2 aliphatic heterocycles. The average molecular weight is 392 g/mol. The number of imide groups is 1. The molecule has 0 bridgehead atoms. The summed E-state index contributed by atoms with van der Waals surface area (Å²) in [6, 6.07) is 14.5. The van der Waals surface area contributed by atoms with Crippen molar-refractivity contribution in [2.24, 2.45) is 5.92 Å². The molecule has 0 aliphatic carbocycles. The standard InChI is InChI=1S/C24H28N2O3/c1-3-17(2)15-19-16-22(27)26(23(19)28)12-11-25-13-14-29-24(25)21-10-6-8-18-7-4-5-9-20(18)21/h4-10,19,24H,2-3,11-16H2,1H3. The Balaban J connectivity index is 1.45. The first-order valence-electron chi connectivity index (χ1n) is 10.4. The molecule has 0 N–H and O–H groups in total. The van der Waals surface area contributed by atoms with E-state index in [1.54, 1.807) is 0 Å². The van der Waals surface area contributed by atoms with Crippen molar-refractivity contribution in [2.45, 2.75) is 32.4 Å². The van der Waals surface area contributed by atoms with Crippen LogP contribution in [-0.2, 0) is 14.3 Å². The molecule has 2 heterocycles. The molecular weight excluding hydrogens is 364 g/mol. The molecule has 152 valence electrons. The van der Waals surface area contributed by atoms with Crippen molar-refractivity contribution in [1.29, 1.82) is 0 Å². The Labute approximate surface area is 171 Å². The van der Waals surface area contributed by atoms with E-state index in [0.29, 0.717) is 32.5 Å². The van der Waals surface area contributed by atoms with E-state index in [1.165, 1.54) is 15.7 Å². The van der Waals surface area contributed by atoms with Gasteiger partial charge < -0.3 is 4.74 Å². The molecule has 0 radical (unpaired) electrons. The third-order valence-electron chi connectivity index (χ3n) is 6.06. The van der Waals surface area contributed by atoms with Crippen LogP contribution in [0.1, 0.15) is 38.0 Å². The number of allylic oxidation sites excluding steroid dienone is 1. The monoisotopic (exact) mass is 392 g/mol. The summed E-state index contributed by atoms with van der Waals surface area (Å²) in [5.74, 6) is -0.351. The lowest BCUT2D eigenvalue weighted by atomic mass is 9.97. The predicted molar refractivity (Wildman–Crippen MR) is 113 cm³/mol. The van der Waals surface area contributed by atoms with Gasteiger partial charge in [-0.2, -0.15) is 0 Å². The maximum absolute atomic E-state index is 12.7. The normalized spacial score (nSPS) is 22.7. The van der Waals surface area contributed by atoms with Crippen LogP contribution in [-0.4, -0.2) is 47.9 Å². The van der Waals surface area contributed by atoms with Gasteiger partial charge >= 0.3 is 0 Å². The molecule has 2 fully saturated rings. The summed E-state index contributed by atoms with van der Waals surface area (Å²) < 4.78 is 6.04. The third kappa shape index (κ3) is 3.98. The molecule has 2 aliphatic rings. The maximum Gasteiger partial charge on any atom is 0.233 e. The Morgan fingerprint density at radius 2 is 1.93 bits per heavy atom. The number of likely N-dealkylation sites (tertiary alicyclic amines) is 1. The number of fused-ring (bicyclic) bond motifs is 1. The van der Waals surface area contributed by atoms with Crippen LogP contribution in [0.5, 0.6) is 0 Å². The van der Waals surface area contributed by atoms with Gasteiger partial charge in [-0.05, 0) is 23.6 Å². The Morgan fingerprint density at radius 3 is 2.76 bits per heavy atom. The second kappa shape index (κ2) is 8.47. The zero-order valence-electron chi connectivity index (χ0n) is 17.0. The van der Waals surface area contributed by atoms with E-state index < -0.39 is 0 Å². The van der Waals surface area contributed by atoms with E-state index in [4.69, 9.17) is 4.74 Å². The lowest BCUT2D eigenvalue weighted by Crippen LogP contribution is -2.38. The van der Waals surface area contributed by atoms with Crippen LogP contribution in [0.4, 0.5) is 0 Å². The Bertz CT molecular complexity index is 933. The number of rotatable bonds is 7. The number of carbonyl (C=O) groups excluding carboxylic acids is 2. The van der Waals surface area contributed by atoms with Gasteiger partial charge in [0.15, 0.2) is 0 Å². The van der Waals surface area contributed by atoms with Crippen molar-refractivity contribution in [3.63, 3.8) is 0 Å². The van der Waals surface area contributed by atoms with Crippen molar-refractivity contribution in [2.75, 3.05) is 26.2 Å². The quantitative estimate of drug-likeness (QED) is 0.530. The van der Waals surface area contributed by atoms with Crippen molar-refractivity contribution in [3.05, 3.63) is 60.2 Å². The molecule has 2 aromatic carbocycles. The Morgan fingerprint density at radius 1 is 1.14 bits per heavy atom. The van der Waals surface area contributed by atoms with E-state index in [2.05, 4.69) is 41.8 Å². The SMILES string of the molecule is C=C(CC)CC1CC(=O)N(CCN2CCOC2c2cccc3ccccc23)C1=O. The Kier molecular flexibility index (Phi) is 5.79. The predicted octanol–water partition coefficient (Wildman–Crippen LogP) is 3.90. The minimum atomic E-state index is -0.237. The fraction of sp³-hybridized carbons (Fsp3) is 0.417. The van der Waals surface area contributed by atoms with Gasteiger partial charge in [-0.1, -0.05) is 61.5 Å². The summed E-state index contributed by atoms with van der Waals surface area (Å²) in [4.78, 5) is 28.8. The molecule has 2 amide bonds. The van der Waals surface area contributed by atoms with Gasteiger partial charge in [0.05, 0.1) is 12.5 Å². The fourth-order valence-corrected chi connectivity index (χ4v) is 4.35. The zero-order valence-corrected chi connectivity index (χ0v) is 17.0. The van der Waals surface area contributed by atoms with Gasteiger partial charge in [0.1, 0.15) is 6.23 Å². The summed E-state index contributed by atoms with van der Waals surface area (Å²) in [7, 11) is 0. The number of nitrogens with zero attached hydrogens (tertiary/aromatic N) is 2. The highest BCUT2D eigenvalue weighted by Crippen LogP contribution is 2.32. The highest BCUT2D eigenvalue weighted by atomic mass is 16.5. The molecule has 2 saturated heterocycles. The van der Waals surface area contributed by atoms with Crippen LogP contribution in [0.2, 0.25) is 0 Å². The van der Waals surface area contributed by atoms with Crippen molar-refractivity contribution in [3.8, 4) is 0 Å². The van der Waals surface area contributed by atoms with Gasteiger partial charge in [0, 0.05) is 31.6 Å². The van der Waals surface area contributed by atoms with Crippen LogP contribution in [0.3, 0.4) is 0 Å². The molecule has 2 aromatic rings. The summed E-state index contributed by atoms with van der Waals surface area (Å²) in [5, 5.41) is 2.36. The minimum absolute atomic E-state index is 0.0496. The molecular formula is C24H28N2O3. The lowest BCUT2D eigenvalue weighted by Gasteiger charge is -2.26. The highest BCUT2D eigenvalue weighted by Gasteiger charge is 2.39. The first-order valence-corrected chi connectivity index (χ1v) is 10.4. The van der Waals surface area contributed by atoms with Gasteiger partial charge in [-0.25, -0.2) is 0 Å². The fourth-order valence-electron chi connectivity index (χ4n) is 4.35. The number of hydrogen-bond donors (Lipinski definition) is 0. The number of carbonyl (C=O) groups is 2. The van der Waals surface area contributed by atoms with E-state index in [0.717, 1.165) is 24.1 Å². The largest absolute Gasteiger partial charge is 0.357 e. The maximum atomic E-state index is 12.7. The van der Waals surface area contributed by atoms with E-state index >= 15 is 0 Å². The molecule has 5 nitrogen and oxygen atoms in total. The summed E-state index contributed by atoms with van der Waals surface area (Å²) >= 11 is 0. The molecule has 0 spiro atoms. The van der Waals surface area contributed by atoms with E-state index in [9.17, 15) is 9.59 Å². The van der Waals surface area contributed by atoms with Crippen LogP contribution >= 0.6 is 0 Å². The van der Waals surface area contributed by atoms with E-state index in [1.807, 2.05) is 19.1 Å². The third-order valence-corrected chi connectivity index (χ3v) is 6.06. The first kappa shape index (κ1) is 19.8. The summed E-state index contributed by atoms with van der Waals surface area (Å²) in [6.07, 6.45) is 1.62. The molecule has 0 saturated carbocycles. The van der Waals surface area contributed by atoms with Crippen molar-refractivity contribution >= 4 is 22.6 Å². The molecule has 4 rings (SSSR count).